The largest absolute Gasteiger partial charge is 0.337 e. The van der Waals surface area contributed by atoms with Crippen LogP contribution in [-0.4, -0.2) is 51.1 Å². The Bertz CT molecular complexity index is 1050. The van der Waals surface area contributed by atoms with Gasteiger partial charge in [-0.15, -0.1) is 0 Å². The summed E-state index contributed by atoms with van der Waals surface area (Å²) in [6, 6.07) is 3.95. The van der Waals surface area contributed by atoms with Crippen LogP contribution in [0.3, 0.4) is 0 Å². The predicted octanol–water partition coefficient (Wildman–Crippen LogP) is 0.427. The third kappa shape index (κ3) is 4.32. The van der Waals surface area contributed by atoms with Crippen molar-refractivity contribution in [2.75, 3.05) is 18.2 Å². The van der Waals surface area contributed by atoms with Crippen molar-refractivity contribution < 1.29 is 21.6 Å². The van der Waals surface area contributed by atoms with E-state index >= 15 is 0 Å². The SMILES string of the molecule is Cc1nc(C)nc(N(C)C(=O)NS(=O)(=O)c2ccccc2S(C)(=O)=O)n1. The van der Waals surface area contributed by atoms with Gasteiger partial charge in [-0.2, -0.15) is 9.97 Å². The molecule has 0 aliphatic rings. The summed E-state index contributed by atoms with van der Waals surface area (Å²) in [6.45, 7) is 3.20. The minimum atomic E-state index is -4.44. The van der Waals surface area contributed by atoms with E-state index < -0.39 is 35.7 Å². The summed E-state index contributed by atoms with van der Waals surface area (Å²) in [5, 5.41) is 0. The fraction of sp³-hybridized carbons (Fsp3) is 0.286. The van der Waals surface area contributed by atoms with Crippen LogP contribution in [0.2, 0.25) is 0 Å². The lowest BCUT2D eigenvalue weighted by Crippen LogP contribution is -2.42. The molecular formula is C14H17N5O5S2. The van der Waals surface area contributed by atoms with Crippen LogP contribution < -0.4 is 9.62 Å². The summed E-state index contributed by atoms with van der Waals surface area (Å²) in [7, 11) is -6.97. The highest BCUT2D eigenvalue weighted by Gasteiger charge is 2.27. The van der Waals surface area contributed by atoms with Gasteiger partial charge < -0.3 is 0 Å². The van der Waals surface area contributed by atoms with E-state index in [-0.39, 0.29) is 5.95 Å². The van der Waals surface area contributed by atoms with E-state index in [0.29, 0.717) is 11.6 Å². The van der Waals surface area contributed by atoms with Crippen molar-refractivity contribution >= 4 is 31.8 Å². The number of nitrogens with zero attached hydrogens (tertiary/aromatic N) is 4. The molecule has 26 heavy (non-hydrogen) atoms. The van der Waals surface area contributed by atoms with E-state index in [4.69, 9.17) is 0 Å². The second-order valence-corrected chi connectivity index (χ2v) is 9.05. The summed E-state index contributed by atoms with van der Waals surface area (Å²) in [5.41, 5.74) is 0. The number of sulfone groups is 1. The Balaban J connectivity index is 2.37. The van der Waals surface area contributed by atoms with Crippen LogP contribution in [0, 0.1) is 13.8 Å². The number of carbonyl (C=O) groups excluding carboxylic acids is 1. The summed E-state index contributed by atoms with van der Waals surface area (Å²) < 4.78 is 50.4. The van der Waals surface area contributed by atoms with Gasteiger partial charge in [-0.3, -0.25) is 4.90 Å². The highest BCUT2D eigenvalue weighted by atomic mass is 32.2. The molecule has 2 amide bonds. The molecule has 1 aromatic carbocycles. The summed E-state index contributed by atoms with van der Waals surface area (Å²) >= 11 is 0. The van der Waals surface area contributed by atoms with Crippen LogP contribution in [0.5, 0.6) is 0 Å². The van der Waals surface area contributed by atoms with Crippen molar-refractivity contribution in [3.8, 4) is 0 Å². The highest BCUT2D eigenvalue weighted by Crippen LogP contribution is 2.20. The van der Waals surface area contributed by atoms with Gasteiger partial charge in [-0.25, -0.2) is 31.3 Å². The first kappa shape index (κ1) is 19.7. The topological polar surface area (TPSA) is 139 Å². The monoisotopic (exact) mass is 399 g/mol. The number of hydrogen-bond donors (Lipinski definition) is 1. The summed E-state index contributed by atoms with van der Waals surface area (Å²) in [5.74, 6) is 0.675. The zero-order valence-corrected chi connectivity index (χ0v) is 16.1. The predicted molar refractivity (Wildman–Crippen MR) is 93.0 cm³/mol. The highest BCUT2D eigenvalue weighted by molar-refractivity contribution is 7.93. The molecule has 1 aromatic heterocycles. The standard InChI is InChI=1S/C14H17N5O5S2/c1-9-15-10(2)17-13(16-9)19(3)14(20)18-26(23,24)12-8-6-5-7-11(12)25(4,21)22/h5-8H,1-4H3,(H,18,20). The van der Waals surface area contributed by atoms with Crippen molar-refractivity contribution in [2.24, 2.45) is 0 Å². The molecule has 0 aliphatic carbocycles. The van der Waals surface area contributed by atoms with Crippen LogP contribution in [0.1, 0.15) is 11.6 Å². The second-order valence-electron chi connectivity index (χ2n) is 5.42. The van der Waals surface area contributed by atoms with Gasteiger partial charge >= 0.3 is 6.03 Å². The molecule has 0 radical (unpaired) electrons. The van der Waals surface area contributed by atoms with Crippen LogP contribution in [0.15, 0.2) is 34.1 Å². The molecular weight excluding hydrogens is 382 g/mol. The number of aromatic nitrogens is 3. The number of aryl methyl sites for hydroxylation is 2. The van der Waals surface area contributed by atoms with E-state index in [1.165, 1.54) is 19.2 Å². The number of amides is 2. The Morgan fingerprint density at radius 1 is 0.962 bits per heavy atom. The lowest BCUT2D eigenvalue weighted by molar-refractivity contribution is 0.252. The van der Waals surface area contributed by atoms with Crippen LogP contribution in [0.25, 0.3) is 0 Å². The third-order valence-electron chi connectivity index (χ3n) is 3.21. The van der Waals surface area contributed by atoms with E-state index in [2.05, 4.69) is 15.0 Å². The molecule has 1 N–H and O–H groups in total. The van der Waals surface area contributed by atoms with E-state index in [1.807, 2.05) is 4.72 Å². The maximum atomic E-state index is 12.5. The van der Waals surface area contributed by atoms with Crippen LogP contribution in [0.4, 0.5) is 10.7 Å². The number of benzene rings is 1. The molecule has 0 unspecified atom stereocenters. The van der Waals surface area contributed by atoms with E-state index in [1.54, 1.807) is 13.8 Å². The lowest BCUT2D eigenvalue weighted by atomic mass is 10.4. The fourth-order valence-electron chi connectivity index (χ4n) is 2.06. The molecule has 0 saturated carbocycles. The lowest BCUT2D eigenvalue weighted by Gasteiger charge is -2.17. The Labute approximate surface area is 151 Å². The van der Waals surface area contributed by atoms with Gasteiger partial charge in [0.05, 0.1) is 4.90 Å². The van der Waals surface area contributed by atoms with Crippen molar-refractivity contribution in [1.29, 1.82) is 0 Å². The molecule has 140 valence electrons. The van der Waals surface area contributed by atoms with Gasteiger partial charge in [0.2, 0.25) is 5.95 Å². The quantitative estimate of drug-likeness (QED) is 0.780. The molecule has 0 bridgehead atoms. The number of sulfonamides is 1. The zero-order valence-electron chi connectivity index (χ0n) is 14.5. The molecule has 0 aliphatic heterocycles. The smallest absolute Gasteiger partial charge is 0.265 e. The first-order valence-electron chi connectivity index (χ1n) is 7.20. The van der Waals surface area contributed by atoms with Crippen molar-refractivity contribution in [3.63, 3.8) is 0 Å². The van der Waals surface area contributed by atoms with Gasteiger partial charge in [0.25, 0.3) is 10.0 Å². The molecule has 0 spiro atoms. The Hall–Kier alpha value is -2.60. The van der Waals surface area contributed by atoms with Crippen molar-refractivity contribution in [2.45, 2.75) is 23.6 Å². The minimum Gasteiger partial charge on any atom is -0.265 e. The molecule has 0 fully saturated rings. The number of nitrogens with one attached hydrogen (secondary N) is 1. The number of hydrogen-bond acceptors (Lipinski definition) is 8. The van der Waals surface area contributed by atoms with Crippen LogP contribution >= 0.6 is 0 Å². The molecule has 0 atom stereocenters. The second kappa shape index (κ2) is 6.96. The van der Waals surface area contributed by atoms with Gasteiger partial charge in [0.15, 0.2) is 9.84 Å². The zero-order chi connectivity index (χ0) is 19.7. The van der Waals surface area contributed by atoms with Gasteiger partial charge in [0.1, 0.15) is 16.5 Å². The Kier molecular flexibility index (Phi) is 5.28. The average Bonchev–Trinajstić information content (AvgIpc) is 2.52. The fourth-order valence-corrected chi connectivity index (χ4v) is 4.67. The first-order chi connectivity index (χ1) is 11.9. The van der Waals surface area contributed by atoms with Crippen LogP contribution in [-0.2, 0) is 19.9 Å². The Morgan fingerprint density at radius 3 is 1.96 bits per heavy atom. The number of urea groups is 1. The van der Waals surface area contributed by atoms with Gasteiger partial charge in [0, 0.05) is 13.3 Å². The van der Waals surface area contributed by atoms with Crippen molar-refractivity contribution in [1.82, 2.24) is 19.7 Å². The Morgan fingerprint density at radius 2 is 1.46 bits per heavy atom. The molecule has 10 nitrogen and oxygen atoms in total. The molecule has 0 saturated heterocycles. The maximum Gasteiger partial charge on any atom is 0.337 e. The van der Waals surface area contributed by atoms with E-state index in [9.17, 15) is 21.6 Å². The van der Waals surface area contributed by atoms with Crippen molar-refractivity contribution in [3.05, 3.63) is 35.9 Å². The number of carbonyl (C=O) groups is 1. The van der Waals surface area contributed by atoms with Gasteiger partial charge in [-0.05, 0) is 26.0 Å². The molecule has 12 heteroatoms. The number of rotatable bonds is 4. The number of anilines is 1. The average molecular weight is 399 g/mol. The molecule has 1 heterocycles. The minimum absolute atomic E-state index is 0.0425. The summed E-state index contributed by atoms with van der Waals surface area (Å²) in [6.07, 6.45) is 0.881. The van der Waals surface area contributed by atoms with E-state index in [0.717, 1.165) is 23.3 Å². The summed E-state index contributed by atoms with van der Waals surface area (Å²) in [4.78, 5) is 24.2. The first-order valence-corrected chi connectivity index (χ1v) is 10.6. The maximum absolute atomic E-state index is 12.5. The molecule has 2 aromatic rings. The molecule has 2 rings (SSSR count). The normalized spacial score (nSPS) is 11.8. The van der Waals surface area contributed by atoms with Gasteiger partial charge in [-0.1, -0.05) is 12.1 Å². The third-order valence-corrected chi connectivity index (χ3v) is 5.87.